The summed E-state index contributed by atoms with van der Waals surface area (Å²) in [5.74, 6) is 0.369. The lowest BCUT2D eigenvalue weighted by Gasteiger charge is -2.35. The smallest absolute Gasteiger partial charge is 0.407 e. The van der Waals surface area contributed by atoms with Crippen LogP contribution in [0, 0.1) is 11.3 Å². The summed E-state index contributed by atoms with van der Waals surface area (Å²) < 4.78 is 5.20. The molecule has 0 aromatic heterocycles. The SMILES string of the molecule is CC(C)(C)OC(=O)NCC(C)(C=O)C1CCCCC1. The molecule has 1 fully saturated rings. The Kier molecular flexibility index (Phi) is 5.39. The van der Waals surface area contributed by atoms with Crippen LogP contribution in [0.3, 0.4) is 0 Å². The highest BCUT2D eigenvalue weighted by Crippen LogP contribution is 2.36. The van der Waals surface area contributed by atoms with E-state index in [0.717, 1.165) is 19.1 Å². The second-order valence-corrected chi connectivity index (χ2v) is 6.81. The van der Waals surface area contributed by atoms with Crippen LogP contribution in [0.2, 0.25) is 0 Å². The molecule has 0 saturated heterocycles. The van der Waals surface area contributed by atoms with E-state index in [0.29, 0.717) is 12.5 Å². The zero-order valence-electron chi connectivity index (χ0n) is 12.6. The Hall–Kier alpha value is -1.06. The minimum atomic E-state index is -0.507. The van der Waals surface area contributed by atoms with Gasteiger partial charge in [0.15, 0.2) is 0 Å². The molecule has 1 saturated carbocycles. The van der Waals surface area contributed by atoms with Crippen LogP contribution in [0.15, 0.2) is 0 Å². The van der Waals surface area contributed by atoms with Crippen molar-refractivity contribution in [3.8, 4) is 0 Å². The Balaban J connectivity index is 2.51. The summed E-state index contributed by atoms with van der Waals surface area (Å²) >= 11 is 0. The van der Waals surface area contributed by atoms with Crippen LogP contribution in [-0.2, 0) is 9.53 Å². The number of ether oxygens (including phenoxy) is 1. The second-order valence-electron chi connectivity index (χ2n) is 6.81. The van der Waals surface area contributed by atoms with Crippen molar-refractivity contribution in [1.29, 1.82) is 0 Å². The molecule has 1 aliphatic carbocycles. The predicted molar refractivity (Wildman–Crippen MR) is 75.0 cm³/mol. The molecular formula is C15H27NO3. The van der Waals surface area contributed by atoms with Gasteiger partial charge in [0.25, 0.3) is 0 Å². The summed E-state index contributed by atoms with van der Waals surface area (Å²) in [6.07, 6.45) is 6.32. The van der Waals surface area contributed by atoms with Crippen molar-refractivity contribution >= 4 is 12.4 Å². The average Bonchev–Trinajstić information content (AvgIpc) is 2.35. The largest absolute Gasteiger partial charge is 0.444 e. The predicted octanol–water partition coefficient (Wildman–Crippen LogP) is 3.30. The van der Waals surface area contributed by atoms with Gasteiger partial charge in [-0.3, -0.25) is 0 Å². The second kappa shape index (κ2) is 6.40. The number of nitrogens with one attached hydrogen (secondary N) is 1. The maximum atomic E-state index is 11.7. The lowest BCUT2D eigenvalue weighted by molar-refractivity contribution is -0.118. The molecule has 19 heavy (non-hydrogen) atoms. The molecule has 0 aromatic carbocycles. The van der Waals surface area contributed by atoms with Gasteiger partial charge in [-0.15, -0.1) is 0 Å². The zero-order chi connectivity index (χ0) is 14.5. The Bertz CT molecular complexity index is 316. The number of aldehydes is 1. The highest BCUT2D eigenvalue weighted by atomic mass is 16.6. The Morgan fingerprint density at radius 2 is 1.79 bits per heavy atom. The highest BCUT2D eigenvalue weighted by molar-refractivity contribution is 5.69. The fourth-order valence-electron chi connectivity index (χ4n) is 2.62. The van der Waals surface area contributed by atoms with E-state index in [4.69, 9.17) is 4.74 Å². The Labute approximate surface area is 116 Å². The third-order valence-electron chi connectivity index (χ3n) is 3.82. The fraction of sp³-hybridized carbons (Fsp3) is 0.867. The molecule has 1 unspecified atom stereocenters. The average molecular weight is 269 g/mol. The first kappa shape index (κ1) is 16.0. The highest BCUT2D eigenvalue weighted by Gasteiger charge is 2.35. The van der Waals surface area contributed by atoms with E-state index in [-0.39, 0.29) is 0 Å². The first-order valence-corrected chi connectivity index (χ1v) is 7.20. The first-order valence-electron chi connectivity index (χ1n) is 7.20. The van der Waals surface area contributed by atoms with Gasteiger partial charge >= 0.3 is 6.09 Å². The molecule has 0 heterocycles. The van der Waals surface area contributed by atoms with E-state index in [1.54, 1.807) is 0 Å². The third kappa shape index (κ3) is 5.21. The number of carbonyl (C=O) groups excluding carboxylic acids is 2. The van der Waals surface area contributed by atoms with E-state index in [9.17, 15) is 9.59 Å². The van der Waals surface area contributed by atoms with Crippen molar-refractivity contribution in [2.24, 2.45) is 11.3 Å². The monoisotopic (exact) mass is 269 g/mol. The van der Waals surface area contributed by atoms with E-state index >= 15 is 0 Å². The van der Waals surface area contributed by atoms with Crippen molar-refractivity contribution in [3.63, 3.8) is 0 Å². The summed E-state index contributed by atoms with van der Waals surface area (Å²) in [5.41, 5.74) is -0.982. The fourth-order valence-corrected chi connectivity index (χ4v) is 2.62. The molecule has 0 aliphatic heterocycles. The van der Waals surface area contributed by atoms with Crippen LogP contribution in [0.1, 0.15) is 59.8 Å². The third-order valence-corrected chi connectivity index (χ3v) is 3.82. The molecule has 0 spiro atoms. The summed E-state index contributed by atoms with van der Waals surface area (Å²) in [4.78, 5) is 23.1. The lowest BCUT2D eigenvalue weighted by Crippen LogP contribution is -2.44. The molecule has 1 aliphatic rings. The summed E-state index contributed by atoms with van der Waals surface area (Å²) in [7, 11) is 0. The molecule has 4 nitrogen and oxygen atoms in total. The van der Waals surface area contributed by atoms with Gasteiger partial charge in [0, 0.05) is 12.0 Å². The lowest BCUT2D eigenvalue weighted by atomic mass is 9.70. The maximum Gasteiger partial charge on any atom is 0.407 e. The molecule has 1 N–H and O–H groups in total. The molecular weight excluding hydrogens is 242 g/mol. The van der Waals surface area contributed by atoms with Gasteiger partial charge in [0.05, 0.1) is 0 Å². The van der Waals surface area contributed by atoms with Gasteiger partial charge in [-0.05, 0) is 39.5 Å². The standard InChI is InChI=1S/C15H27NO3/c1-14(2,3)19-13(18)16-10-15(4,11-17)12-8-6-5-7-9-12/h11-12H,5-10H2,1-4H3,(H,16,18). The molecule has 110 valence electrons. The van der Waals surface area contributed by atoms with E-state index in [2.05, 4.69) is 5.32 Å². The van der Waals surface area contributed by atoms with E-state index < -0.39 is 17.1 Å². The minimum Gasteiger partial charge on any atom is -0.444 e. The van der Waals surface area contributed by atoms with Gasteiger partial charge in [-0.1, -0.05) is 26.2 Å². The summed E-state index contributed by atoms with van der Waals surface area (Å²) in [6.45, 7) is 7.77. The normalized spacial score (nSPS) is 20.4. The van der Waals surface area contributed by atoms with Crippen molar-refractivity contribution < 1.29 is 14.3 Å². The molecule has 1 atom stereocenters. The number of rotatable bonds is 4. The number of hydrogen-bond acceptors (Lipinski definition) is 3. The van der Waals surface area contributed by atoms with Crippen LogP contribution in [0.5, 0.6) is 0 Å². The van der Waals surface area contributed by atoms with Gasteiger partial charge in [0.1, 0.15) is 11.9 Å². The van der Waals surface area contributed by atoms with Crippen molar-refractivity contribution in [1.82, 2.24) is 5.32 Å². The van der Waals surface area contributed by atoms with Crippen molar-refractivity contribution in [3.05, 3.63) is 0 Å². The summed E-state index contributed by atoms with van der Waals surface area (Å²) in [5, 5.41) is 2.74. The van der Waals surface area contributed by atoms with Gasteiger partial charge in [0.2, 0.25) is 0 Å². The molecule has 0 radical (unpaired) electrons. The first-order chi connectivity index (χ1) is 8.77. The van der Waals surface area contributed by atoms with Crippen molar-refractivity contribution in [2.45, 2.75) is 65.4 Å². The number of carbonyl (C=O) groups is 2. The van der Waals surface area contributed by atoms with E-state index in [1.165, 1.54) is 19.3 Å². The van der Waals surface area contributed by atoms with Gasteiger partial charge in [-0.2, -0.15) is 0 Å². The Morgan fingerprint density at radius 1 is 1.21 bits per heavy atom. The maximum absolute atomic E-state index is 11.7. The molecule has 0 aromatic rings. The van der Waals surface area contributed by atoms with Crippen LogP contribution in [-0.4, -0.2) is 24.5 Å². The summed E-state index contributed by atoms with van der Waals surface area (Å²) in [6, 6.07) is 0. The molecule has 1 amide bonds. The van der Waals surface area contributed by atoms with Crippen LogP contribution in [0.4, 0.5) is 4.79 Å². The Morgan fingerprint density at radius 3 is 2.26 bits per heavy atom. The molecule has 0 bridgehead atoms. The number of hydrogen-bond donors (Lipinski definition) is 1. The zero-order valence-corrected chi connectivity index (χ0v) is 12.6. The molecule has 4 heteroatoms. The van der Waals surface area contributed by atoms with Gasteiger partial charge < -0.3 is 14.8 Å². The molecule has 1 rings (SSSR count). The van der Waals surface area contributed by atoms with E-state index in [1.807, 2.05) is 27.7 Å². The van der Waals surface area contributed by atoms with Crippen LogP contribution < -0.4 is 5.32 Å². The van der Waals surface area contributed by atoms with Crippen LogP contribution >= 0.6 is 0 Å². The minimum absolute atomic E-state index is 0.357. The number of amides is 1. The topological polar surface area (TPSA) is 55.4 Å². The van der Waals surface area contributed by atoms with Crippen LogP contribution in [0.25, 0.3) is 0 Å². The quantitative estimate of drug-likeness (QED) is 0.797. The van der Waals surface area contributed by atoms with Crippen molar-refractivity contribution in [2.75, 3.05) is 6.54 Å². The van der Waals surface area contributed by atoms with Gasteiger partial charge in [-0.25, -0.2) is 4.79 Å². The number of alkyl carbamates (subject to hydrolysis) is 1.